The number of ether oxygens (including phenoxy) is 1. The first kappa shape index (κ1) is 20.9. The fourth-order valence-electron chi connectivity index (χ4n) is 3.38. The summed E-state index contributed by atoms with van der Waals surface area (Å²) >= 11 is 0. The van der Waals surface area contributed by atoms with Crippen LogP contribution in [0.25, 0.3) is 11.3 Å². The molecule has 0 radical (unpaired) electrons. The largest absolute Gasteiger partial charge is 0.489 e. The summed E-state index contributed by atoms with van der Waals surface area (Å²) in [6.07, 6.45) is 1.43. The van der Waals surface area contributed by atoms with E-state index in [1.54, 1.807) is 44.3 Å². The summed E-state index contributed by atoms with van der Waals surface area (Å²) in [5.41, 5.74) is 2.02. The van der Waals surface area contributed by atoms with Crippen LogP contribution >= 0.6 is 0 Å². The molecule has 9 heteroatoms. The number of fused-ring (bicyclic) bond motifs is 1. The van der Waals surface area contributed by atoms with Gasteiger partial charge >= 0.3 is 0 Å². The number of hydrogen-bond donors (Lipinski definition) is 1. The second kappa shape index (κ2) is 8.43. The number of anilines is 1. The van der Waals surface area contributed by atoms with Gasteiger partial charge in [0.25, 0.3) is 11.8 Å². The number of halogens is 1. The Morgan fingerprint density at radius 3 is 2.84 bits per heavy atom. The molecule has 1 aliphatic rings. The smallest absolute Gasteiger partial charge is 0.289 e. The minimum Gasteiger partial charge on any atom is -0.489 e. The first-order valence-electron chi connectivity index (χ1n) is 9.73. The van der Waals surface area contributed by atoms with E-state index in [9.17, 15) is 14.0 Å². The molecule has 0 fully saturated rings. The van der Waals surface area contributed by atoms with Gasteiger partial charge in [-0.2, -0.15) is 5.26 Å². The monoisotopic (exact) mass is 431 g/mol. The van der Waals surface area contributed by atoms with Crippen molar-refractivity contribution in [2.45, 2.75) is 13.0 Å². The van der Waals surface area contributed by atoms with Crippen molar-refractivity contribution >= 4 is 17.5 Å². The Hall–Kier alpha value is -4.32. The van der Waals surface area contributed by atoms with Gasteiger partial charge in [-0.3, -0.25) is 9.59 Å². The van der Waals surface area contributed by atoms with E-state index in [0.29, 0.717) is 28.3 Å². The predicted molar refractivity (Wildman–Crippen MR) is 113 cm³/mol. The average molecular weight is 431 g/mol. The van der Waals surface area contributed by atoms with Crippen LogP contribution in [-0.2, 0) is 4.79 Å². The highest BCUT2D eigenvalue weighted by Crippen LogP contribution is 2.31. The highest BCUT2D eigenvalue weighted by Gasteiger charge is 2.31. The summed E-state index contributed by atoms with van der Waals surface area (Å²) in [4.78, 5) is 35.4. The number of aryl methyl sites for hydroxylation is 1. The molecule has 1 unspecified atom stereocenters. The number of aromatic nitrogens is 2. The molecule has 2 aromatic carbocycles. The second-order valence-electron chi connectivity index (χ2n) is 7.23. The summed E-state index contributed by atoms with van der Waals surface area (Å²) in [5, 5.41) is 11.7. The molecule has 4 rings (SSSR count). The molecule has 0 bridgehead atoms. The Morgan fingerprint density at radius 2 is 2.09 bits per heavy atom. The number of carbonyl (C=O) groups excluding carboxylic acids is 2. The van der Waals surface area contributed by atoms with Crippen LogP contribution in [0.3, 0.4) is 0 Å². The highest BCUT2D eigenvalue weighted by molar-refractivity contribution is 6.02. The van der Waals surface area contributed by atoms with Crippen LogP contribution in [-0.4, -0.2) is 41.5 Å². The van der Waals surface area contributed by atoms with Crippen LogP contribution in [0.4, 0.5) is 10.1 Å². The Kier molecular flexibility index (Phi) is 5.52. The zero-order valence-corrected chi connectivity index (χ0v) is 17.3. The van der Waals surface area contributed by atoms with Crippen molar-refractivity contribution < 1.29 is 18.7 Å². The third-order valence-electron chi connectivity index (χ3n) is 5.09. The second-order valence-corrected chi connectivity index (χ2v) is 7.23. The minimum atomic E-state index is -1.01. The van der Waals surface area contributed by atoms with Crippen molar-refractivity contribution in [1.29, 1.82) is 5.26 Å². The molecule has 2 heterocycles. The summed E-state index contributed by atoms with van der Waals surface area (Å²) < 4.78 is 19.9. The van der Waals surface area contributed by atoms with E-state index in [1.807, 2.05) is 6.07 Å². The number of hydrogen-bond acceptors (Lipinski definition) is 6. The molecule has 1 aliphatic heterocycles. The third kappa shape index (κ3) is 3.86. The van der Waals surface area contributed by atoms with E-state index in [2.05, 4.69) is 15.3 Å². The van der Waals surface area contributed by atoms with Crippen LogP contribution < -0.4 is 15.0 Å². The maximum absolute atomic E-state index is 14.2. The number of nitriles is 1. The van der Waals surface area contributed by atoms with Gasteiger partial charge in [0.05, 0.1) is 23.0 Å². The Morgan fingerprint density at radius 1 is 1.31 bits per heavy atom. The predicted octanol–water partition coefficient (Wildman–Crippen LogP) is 2.62. The lowest BCUT2D eigenvalue weighted by Crippen LogP contribution is -2.49. The van der Waals surface area contributed by atoms with E-state index >= 15 is 0 Å². The van der Waals surface area contributed by atoms with E-state index < -0.39 is 23.7 Å². The lowest BCUT2D eigenvalue weighted by Gasteiger charge is -2.20. The molecule has 1 N–H and O–H groups in total. The molecule has 0 aliphatic carbocycles. The molecular formula is C23H18FN5O3. The summed E-state index contributed by atoms with van der Waals surface area (Å²) in [5.74, 6) is -1.39. The van der Waals surface area contributed by atoms with Crippen LogP contribution in [0.2, 0.25) is 0 Å². The zero-order valence-electron chi connectivity index (χ0n) is 17.3. The third-order valence-corrected chi connectivity index (χ3v) is 5.09. The number of nitrogens with zero attached hydrogens (tertiary/aromatic N) is 4. The van der Waals surface area contributed by atoms with Crippen LogP contribution in [0, 0.1) is 24.1 Å². The Balaban J connectivity index is 1.58. The molecule has 0 saturated carbocycles. The molecule has 8 nitrogen and oxygen atoms in total. The van der Waals surface area contributed by atoms with Crippen molar-refractivity contribution in [2.75, 3.05) is 18.6 Å². The van der Waals surface area contributed by atoms with Crippen LogP contribution in [0.15, 0.2) is 48.7 Å². The van der Waals surface area contributed by atoms with E-state index in [-0.39, 0.29) is 18.0 Å². The van der Waals surface area contributed by atoms with Gasteiger partial charge in [0, 0.05) is 24.9 Å². The Bertz CT molecular complexity index is 1270. The number of benzene rings is 2. The maximum Gasteiger partial charge on any atom is 0.289 e. The first-order valence-corrected chi connectivity index (χ1v) is 9.73. The van der Waals surface area contributed by atoms with E-state index in [1.165, 1.54) is 23.2 Å². The minimum absolute atomic E-state index is 0.136. The van der Waals surface area contributed by atoms with Crippen molar-refractivity contribution in [3.63, 3.8) is 0 Å². The lowest BCUT2D eigenvalue weighted by molar-refractivity contribution is -0.120. The molecule has 0 saturated heterocycles. The topological polar surface area (TPSA) is 108 Å². The number of likely N-dealkylation sites (N-methyl/N-ethyl adjacent to an activating group) is 1. The van der Waals surface area contributed by atoms with Crippen LogP contribution in [0.5, 0.6) is 5.75 Å². The van der Waals surface area contributed by atoms with Gasteiger partial charge in [-0.1, -0.05) is 12.1 Å². The summed E-state index contributed by atoms with van der Waals surface area (Å²) in [6, 6.07) is 11.8. The van der Waals surface area contributed by atoms with E-state index in [0.717, 1.165) is 0 Å². The Labute approximate surface area is 183 Å². The number of nitrogens with one attached hydrogen (secondary N) is 1. The quantitative estimate of drug-likeness (QED) is 0.683. The average Bonchev–Trinajstić information content (AvgIpc) is 2.91. The molecule has 160 valence electrons. The number of rotatable bonds is 3. The lowest BCUT2D eigenvalue weighted by atomic mass is 10.1. The van der Waals surface area contributed by atoms with Gasteiger partial charge in [-0.15, -0.1) is 0 Å². The number of amides is 2. The molecular weight excluding hydrogens is 413 g/mol. The zero-order chi connectivity index (χ0) is 22.8. The van der Waals surface area contributed by atoms with Crippen molar-refractivity contribution in [2.24, 2.45) is 0 Å². The van der Waals surface area contributed by atoms with Gasteiger partial charge in [0.2, 0.25) is 5.82 Å². The van der Waals surface area contributed by atoms with Gasteiger partial charge < -0.3 is 15.0 Å². The first-order chi connectivity index (χ1) is 15.4. The van der Waals surface area contributed by atoms with Gasteiger partial charge in [0.1, 0.15) is 24.2 Å². The standard InChI is InChI=1S/C23H18FN5O3/c1-13-11-26-21(28-20(13)15-5-3-4-6-16(15)24)22(30)27-17-12-32-19-9-14(10-25)7-8-18(19)29(2)23(17)31/h3-9,11,17H,12H2,1-2H3,(H,27,30). The summed E-state index contributed by atoms with van der Waals surface area (Å²) in [6.45, 7) is 1.58. The molecule has 1 aromatic heterocycles. The SMILES string of the molecule is Cc1cnc(C(=O)NC2COc3cc(C#N)ccc3N(C)C2=O)nc1-c1ccccc1F. The fraction of sp³-hybridized carbons (Fsp3) is 0.174. The molecule has 1 atom stereocenters. The van der Waals surface area contributed by atoms with Gasteiger partial charge in [0.15, 0.2) is 0 Å². The molecule has 32 heavy (non-hydrogen) atoms. The molecule has 3 aromatic rings. The van der Waals surface area contributed by atoms with Gasteiger partial charge in [-0.05, 0) is 36.8 Å². The normalized spacial score (nSPS) is 15.2. The van der Waals surface area contributed by atoms with Crippen molar-refractivity contribution in [3.05, 3.63) is 71.4 Å². The van der Waals surface area contributed by atoms with E-state index in [4.69, 9.17) is 10.00 Å². The van der Waals surface area contributed by atoms with Crippen molar-refractivity contribution in [1.82, 2.24) is 15.3 Å². The van der Waals surface area contributed by atoms with Gasteiger partial charge in [-0.25, -0.2) is 14.4 Å². The molecule has 2 amide bonds. The highest BCUT2D eigenvalue weighted by atomic mass is 19.1. The summed E-state index contributed by atoms with van der Waals surface area (Å²) in [7, 11) is 1.56. The maximum atomic E-state index is 14.2. The van der Waals surface area contributed by atoms with Crippen LogP contribution in [0.1, 0.15) is 21.7 Å². The fourth-order valence-corrected chi connectivity index (χ4v) is 3.38. The molecule has 0 spiro atoms. The number of carbonyl (C=O) groups is 2. The van der Waals surface area contributed by atoms with Crippen molar-refractivity contribution in [3.8, 4) is 23.1 Å².